The lowest BCUT2D eigenvalue weighted by Crippen LogP contribution is -2.59. The molecule has 278 valence electrons. The van der Waals surface area contributed by atoms with Gasteiger partial charge in [-0.2, -0.15) is 12.6 Å². The number of aliphatic carboxylic acids is 1. The molecule has 0 saturated carbocycles. The topological polar surface area (TPSA) is 324 Å². The van der Waals surface area contributed by atoms with E-state index in [1.807, 2.05) is 0 Å². The average Bonchev–Trinajstić information content (AvgIpc) is 3.96. The predicted molar refractivity (Wildman–Crippen MR) is 184 cm³/mol. The van der Waals surface area contributed by atoms with Crippen LogP contribution < -0.4 is 32.3 Å². The van der Waals surface area contributed by atoms with Crippen LogP contribution in [0.15, 0.2) is 50.1 Å². The van der Waals surface area contributed by atoms with E-state index in [-0.39, 0.29) is 31.4 Å². The van der Waals surface area contributed by atoms with Gasteiger partial charge in [-0.05, 0) is 6.92 Å². The summed E-state index contributed by atoms with van der Waals surface area (Å²) in [4.78, 5) is 105. The molecular formula is C30H40N14O7S. The summed E-state index contributed by atoms with van der Waals surface area (Å²) < 4.78 is 0. The van der Waals surface area contributed by atoms with Gasteiger partial charge in [0, 0.05) is 79.0 Å². The number of aromatic nitrogens is 8. The summed E-state index contributed by atoms with van der Waals surface area (Å²) >= 11 is 4.20. The lowest BCUT2D eigenvalue weighted by atomic mass is 10.1. The first kappa shape index (κ1) is 38.8. The summed E-state index contributed by atoms with van der Waals surface area (Å²) in [6.07, 6.45) is 11.4. The van der Waals surface area contributed by atoms with E-state index < -0.39 is 71.8 Å². The van der Waals surface area contributed by atoms with Crippen LogP contribution >= 0.6 is 12.6 Å². The van der Waals surface area contributed by atoms with Gasteiger partial charge in [0.2, 0.25) is 29.5 Å². The van der Waals surface area contributed by atoms with Crippen molar-refractivity contribution >= 4 is 48.1 Å². The van der Waals surface area contributed by atoms with Crippen LogP contribution in [0.5, 0.6) is 0 Å². The number of H-pyrrole nitrogens is 4. The van der Waals surface area contributed by atoms with Crippen LogP contribution in [0.2, 0.25) is 0 Å². The first-order valence-corrected chi connectivity index (χ1v) is 16.6. The van der Waals surface area contributed by atoms with Crippen molar-refractivity contribution in [2.45, 2.75) is 68.9 Å². The molecule has 21 nitrogen and oxygen atoms in total. The molecule has 0 fully saturated rings. The van der Waals surface area contributed by atoms with Crippen LogP contribution in [0.25, 0.3) is 0 Å². The zero-order valence-electron chi connectivity index (χ0n) is 27.8. The number of thiol groups is 1. The van der Waals surface area contributed by atoms with Crippen molar-refractivity contribution in [1.29, 1.82) is 0 Å². The summed E-state index contributed by atoms with van der Waals surface area (Å²) in [5.41, 5.74) is 8.12. The Kier molecular flexibility index (Phi) is 14.0. The fourth-order valence-electron chi connectivity index (χ4n) is 4.89. The fourth-order valence-corrected chi connectivity index (χ4v) is 5.14. The highest BCUT2D eigenvalue weighted by molar-refractivity contribution is 7.80. The van der Waals surface area contributed by atoms with Gasteiger partial charge >= 0.3 is 5.97 Å². The number of hydrogen-bond acceptors (Lipinski definition) is 12. The second-order valence-electron chi connectivity index (χ2n) is 11.7. The molecule has 12 N–H and O–H groups in total. The Bertz CT molecular complexity index is 1750. The molecule has 0 spiro atoms. The highest BCUT2D eigenvalue weighted by Gasteiger charge is 2.32. The van der Waals surface area contributed by atoms with Crippen molar-refractivity contribution in [2.75, 3.05) is 5.75 Å². The highest BCUT2D eigenvalue weighted by atomic mass is 32.1. The Labute approximate surface area is 301 Å². The quantitative estimate of drug-likeness (QED) is 0.0395. The van der Waals surface area contributed by atoms with Gasteiger partial charge in [0.25, 0.3) is 0 Å². The molecule has 0 aliphatic heterocycles. The molecule has 0 bridgehead atoms. The number of nitrogens with two attached hydrogens (primary N) is 1. The van der Waals surface area contributed by atoms with Gasteiger partial charge in [-0.1, -0.05) is 0 Å². The molecule has 0 aromatic carbocycles. The summed E-state index contributed by atoms with van der Waals surface area (Å²) in [6.45, 7) is 1.36. The Hall–Kier alpha value is -6.03. The third-order valence-corrected chi connectivity index (χ3v) is 8.08. The fraction of sp³-hybridized carbons (Fsp3) is 0.400. The monoisotopic (exact) mass is 740 g/mol. The predicted octanol–water partition coefficient (Wildman–Crippen LogP) is -3.36. The van der Waals surface area contributed by atoms with Crippen molar-refractivity contribution < 1.29 is 33.9 Å². The first-order valence-electron chi connectivity index (χ1n) is 15.9. The minimum atomic E-state index is -1.35. The number of imidazole rings is 4. The van der Waals surface area contributed by atoms with Gasteiger partial charge in [-0.3, -0.25) is 24.0 Å². The maximum atomic E-state index is 13.4. The summed E-state index contributed by atoms with van der Waals surface area (Å²) in [5, 5.41) is 22.3. The lowest BCUT2D eigenvalue weighted by Gasteiger charge is -2.25. The molecular weight excluding hydrogens is 700 g/mol. The van der Waals surface area contributed by atoms with Gasteiger partial charge in [-0.15, -0.1) is 0 Å². The molecule has 0 unspecified atom stereocenters. The minimum Gasteiger partial charge on any atom is -0.480 e. The van der Waals surface area contributed by atoms with Crippen LogP contribution in [0.4, 0.5) is 0 Å². The van der Waals surface area contributed by atoms with Crippen LogP contribution in [-0.2, 0) is 54.5 Å². The van der Waals surface area contributed by atoms with Crippen molar-refractivity contribution in [3.05, 3.63) is 72.9 Å². The second kappa shape index (κ2) is 18.8. The normalized spacial score (nSPS) is 14.5. The zero-order chi connectivity index (χ0) is 37.6. The zero-order valence-corrected chi connectivity index (χ0v) is 28.7. The van der Waals surface area contributed by atoms with E-state index in [1.165, 1.54) is 57.0 Å². The molecule has 22 heteroatoms. The van der Waals surface area contributed by atoms with E-state index >= 15 is 0 Å². The standard InChI is InChI=1S/C30H40N14O7S/c1-15(25(45)41-21(3-17-7-33-12-37-17)27(47)43-23(30(50)51)5-19-9-35-14-39-19)40-29(49)24(10-52)44-28(48)22(4-18-8-34-13-38-18)42-26(46)20(31)2-16-6-32-11-36-16/h6-9,11-15,20-24,52H,2-5,10,31H2,1H3,(H,32,36)(H,33,37)(H,34,38)(H,35,39)(H,40,49)(H,41,45)(H,42,46)(H,43,47)(H,44,48)(H,50,51)/t15-,20-,21-,22-,23-,24-/m0/s1. The minimum absolute atomic E-state index is 0.0154. The maximum absolute atomic E-state index is 13.4. The van der Waals surface area contributed by atoms with Crippen LogP contribution in [-0.4, -0.2) is 122 Å². The molecule has 0 radical (unpaired) electrons. The van der Waals surface area contributed by atoms with E-state index in [2.05, 4.69) is 79.1 Å². The van der Waals surface area contributed by atoms with Crippen molar-refractivity contribution in [2.24, 2.45) is 5.73 Å². The lowest BCUT2D eigenvalue weighted by molar-refractivity contribution is -0.142. The van der Waals surface area contributed by atoms with Gasteiger partial charge in [0.05, 0.1) is 31.4 Å². The van der Waals surface area contributed by atoms with Crippen molar-refractivity contribution in [3.63, 3.8) is 0 Å². The summed E-state index contributed by atoms with van der Waals surface area (Å²) in [6, 6.07) is -7.31. The number of carboxylic acid groups (broad SMARTS) is 1. The largest absolute Gasteiger partial charge is 0.480 e. The average molecular weight is 741 g/mol. The third kappa shape index (κ3) is 11.5. The molecule has 52 heavy (non-hydrogen) atoms. The SMILES string of the molecule is C[C@H](NC(=O)[C@H](CS)NC(=O)[C@H](Cc1cnc[nH]1)NC(=O)[C@@H](N)Cc1cnc[nH]1)C(=O)N[C@@H](Cc1cnc[nH]1)C(=O)N[C@@H](Cc1cnc[nH]1)C(=O)O. The molecule has 0 aliphatic carbocycles. The molecule has 5 amide bonds. The van der Waals surface area contributed by atoms with Gasteiger partial charge < -0.3 is 57.4 Å². The molecule has 0 aliphatic rings. The number of carbonyl (C=O) groups is 6. The van der Waals surface area contributed by atoms with E-state index in [0.717, 1.165) is 0 Å². The number of nitrogens with zero attached hydrogens (tertiary/aromatic N) is 4. The number of aromatic amines is 4. The number of hydrogen-bond donors (Lipinski definition) is 12. The summed E-state index contributed by atoms with van der Waals surface area (Å²) in [7, 11) is 0. The molecule has 4 rings (SSSR count). The molecule has 4 aromatic heterocycles. The Morgan fingerprint density at radius 1 is 0.596 bits per heavy atom. The van der Waals surface area contributed by atoms with Crippen LogP contribution in [0.1, 0.15) is 29.7 Å². The number of rotatable bonds is 20. The van der Waals surface area contributed by atoms with Crippen molar-refractivity contribution in [3.8, 4) is 0 Å². The Morgan fingerprint density at radius 3 is 1.37 bits per heavy atom. The van der Waals surface area contributed by atoms with Crippen LogP contribution in [0.3, 0.4) is 0 Å². The number of carboxylic acids is 1. The smallest absolute Gasteiger partial charge is 0.326 e. The van der Waals surface area contributed by atoms with Gasteiger partial charge in [0.15, 0.2) is 0 Å². The highest BCUT2D eigenvalue weighted by Crippen LogP contribution is 2.06. The molecule has 6 atom stereocenters. The number of carbonyl (C=O) groups excluding carboxylic acids is 5. The van der Waals surface area contributed by atoms with Crippen molar-refractivity contribution in [1.82, 2.24) is 66.5 Å². The first-order chi connectivity index (χ1) is 24.9. The Morgan fingerprint density at radius 2 is 0.962 bits per heavy atom. The molecule has 4 heterocycles. The Balaban J connectivity index is 1.38. The number of nitrogens with one attached hydrogen (secondary N) is 9. The number of amides is 5. The van der Waals surface area contributed by atoms with E-state index in [4.69, 9.17) is 5.73 Å². The van der Waals surface area contributed by atoms with E-state index in [1.54, 1.807) is 0 Å². The molecule has 0 saturated heterocycles. The summed E-state index contributed by atoms with van der Waals surface area (Å²) in [5.74, 6) is -5.23. The maximum Gasteiger partial charge on any atom is 0.326 e. The van der Waals surface area contributed by atoms with Gasteiger partial charge in [0.1, 0.15) is 30.2 Å². The third-order valence-electron chi connectivity index (χ3n) is 7.72. The van der Waals surface area contributed by atoms with E-state index in [0.29, 0.717) is 22.8 Å². The van der Waals surface area contributed by atoms with Crippen LogP contribution in [0, 0.1) is 0 Å². The molecule has 4 aromatic rings. The van der Waals surface area contributed by atoms with Gasteiger partial charge in [-0.25, -0.2) is 24.7 Å². The van der Waals surface area contributed by atoms with E-state index in [9.17, 15) is 33.9 Å². The second-order valence-corrected chi connectivity index (χ2v) is 12.1.